The largest absolute Gasteiger partial charge is 0.490 e. The second-order valence-electron chi connectivity index (χ2n) is 2.50. The molecule has 0 saturated carbocycles. The highest BCUT2D eigenvalue weighted by Gasteiger charge is 2.03. The quantitative estimate of drug-likeness (QED) is 0.641. The predicted molar refractivity (Wildman–Crippen MR) is 43.5 cm³/mol. The van der Waals surface area contributed by atoms with Gasteiger partial charge in [0.25, 0.3) is 5.88 Å². The summed E-state index contributed by atoms with van der Waals surface area (Å²) >= 11 is 0. The van der Waals surface area contributed by atoms with Crippen LogP contribution in [-0.2, 0) is 5.11 Å². The fraction of sp³-hybridized carbons (Fsp3) is 0. The first kappa shape index (κ1) is 6.91. The van der Waals surface area contributed by atoms with Gasteiger partial charge in [0.05, 0.1) is 5.52 Å². The molecule has 0 fully saturated rings. The molecule has 0 aliphatic heterocycles. The zero-order valence-electron chi connectivity index (χ0n) is 6.19. The Bertz CT molecular complexity index is 385. The Morgan fingerprint density at radius 1 is 1.25 bits per heavy atom. The molecule has 3 nitrogen and oxygen atoms in total. The topological polar surface area (TPSA) is 53.0 Å². The zero-order chi connectivity index (χ0) is 8.55. The van der Waals surface area contributed by atoms with E-state index in [1.807, 2.05) is 6.07 Å². The van der Waals surface area contributed by atoms with Crippen LogP contribution >= 0.6 is 0 Å². The Morgan fingerprint density at radius 2 is 2.00 bits per heavy atom. The summed E-state index contributed by atoms with van der Waals surface area (Å²) in [5.41, 5.74) is 0.634. The van der Waals surface area contributed by atoms with Gasteiger partial charge in [-0.05, 0) is 6.07 Å². The van der Waals surface area contributed by atoms with Crippen molar-refractivity contribution >= 4 is 10.9 Å². The van der Waals surface area contributed by atoms with Crippen molar-refractivity contribution in [1.82, 2.24) is 4.98 Å². The van der Waals surface area contributed by atoms with E-state index >= 15 is 0 Å². The van der Waals surface area contributed by atoms with Crippen LogP contribution in [0.25, 0.3) is 10.9 Å². The average molecular weight is 160 g/mol. The number of pyridine rings is 1. The third kappa shape index (κ3) is 0.955. The van der Waals surface area contributed by atoms with Gasteiger partial charge in [-0.3, -0.25) is 5.11 Å². The molecule has 0 atom stereocenters. The molecule has 12 heavy (non-hydrogen) atoms. The van der Waals surface area contributed by atoms with Crippen molar-refractivity contribution in [3.8, 4) is 11.6 Å². The van der Waals surface area contributed by atoms with Crippen LogP contribution in [0.2, 0.25) is 0 Å². The highest BCUT2D eigenvalue weighted by molar-refractivity contribution is 5.80. The van der Waals surface area contributed by atoms with Crippen LogP contribution < -0.4 is 0 Å². The van der Waals surface area contributed by atoms with Gasteiger partial charge < -0.3 is 5.11 Å². The van der Waals surface area contributed by atoms with Crippen LogP contribution in [0.4, 0.5) is 0 Å². The molecule has 0 saturated heterocycles. The number of fused-ring (bicyclic) bond motifs is 1. The smallest absolute Gasteiger partial charge is 0.260 e. The number of aromatic hydroxyl groups is 1. The minimum Gasteiger partial charge on any atom is -0.490 e. The molecule has 2 rings (SSSR count). The molecule has 1 aromatic heterocycles. The van der Waals surface area contributed by atoms with E-state index in [4.69, 9.17) is 5.11 Å². The molecular weight excluding hydrogens is 154 g/mol. The van der Waals surface area contributed by atoms with Crippen molar-refractivity contribution in [2.75, 3.05) is 0 Å². The molecule has 0 bridgehead atoms. The van der Waals surface area contributed by atoms with Crippen molar-refractivity contribution in [2.45, 2.75) is 0 Å². The maximum atomic E-state index is 10.9. The maximum absolute atomic E-state index is 10.9. The zero-order valence-corrected chi connectivity index (χ0v) is 6.19. The van der Waals surface area contributed by atoms with Gasteiger partial charge in [0, 0.05) is 11.5 Å². The van der Waals surface area contributed by atoms with E-state index in [0.29, 0.717) is 5.52 Å². The van der Waals surface area contributed by atoms with Gasteiger partial charge in [-0.15, -0.1) is 0 Å². The fourth-order valence-corrected chi connectivity index (χ4v) is 1.09. The summed E-state index contributed by atoms with van der Waals surface area (Å²) in [6.07, 6.45) is 0. The molecule has 59 valence electrons. The van der Waals surface area contributed by atoms with Crippen LogP contribution in [-0.4, -0.2) is 10.1 Å². The Balaban J connectivity index is 2.84. The molecule has 1 N–H and O–H groups in total. The summed E-state index contributed by atoms with van der Waals surface area (Å²) < 4.78 is 0. The number of hydrogen-bond acceptors (Lipinski definition) is 2. The van der Waals surface area contributed by atoms with Crippen molar-refractivity contribution in [1.29, 1.82) is 0 Å². The first-order valence-electron chi connectivity index (χ1n) is 3.53. The summed E-state index contributed by atoms with van der Waals surface area (Å²) in [6, 6.07) is 8.52. The molecule has 0 aliphatic carbocycles. The lowest BCUT2D eigenvalue weighted by Gasteiger charge is -1.96. The van der Waals surface area contributed by atoms with Gasteiger partial charge in [0.15, 0.2) is 0 Å². The molecule has 0 spiro atoms. The molecule has 0 aliphatic rings. The minimum absolute atomic E-state index is 0.436. The maximum Gasteiger partial charge on any atom is 0.260 e. The Labute approximate surface area is 68.9 Å². The Morgan fingerprint density at radius 3 is 2.83 bits per heavy atom. The first-order valence-corrected chi connectivity index (χ1v) is 3.53. The standard InChI is InChI=1S/C9H6NO2/c11-8-5-6-3-1-2-4-7(6)10-9(8)12/h1-5H,(H,10,12). The van der Waals surface area contributed by atoms with Gasteiger partial charge in [-0.25, -0.2) is 4.98 Å². The minimum atomic E-state index is -0.436. The second kappa shape index (κ2) is 2.37. The molecule has 1 heterocycles. The molecule has 1 aromatic carbocycles. The lowest BCUT2D eigenvalue weighted by atomic mass is 10.2. The third-order valence-corrected chi connectivity index (χ3v) is 1.67. The summed E-state index contributed by atoms with van der Waals surface area (Å²) in [7, 11) is 0. The number of rotatable bonds is 0. The van der Waals surface area contributed by atoms with Crippen molar-refractivity contribution in [3.05, 3.63) is 30.3 Å². The number of aromatic nitrogens is 1. The summed E-state index contributed by atoms with van der Waals surface area (Å²) in [5.74, 6) is -0.873. The number of para-hydroxylation sites is 1. The summed E-state index contributed by atoms with van der Waals surface area (Å²) in [4.78, 5) is 3.72. The van der Waals surface area contributed by atoms with E-state index in [2.05, 4.69) is 4.98 Å². The highest BCUT2D eigenvalue weighted by atomic mass is 16.3. The van der Waals surface area contributed by atoms with Crippen molar-refractivity contribution in [3.63, 3.8) is 0 Å². The molecule has 3 heteroatoms. The molecule has 1 radical (unpaired) electrons. The first-order chi connectivity index (χ1) is 5.77. The van der Waals surface area contributed by atoms with E-state index in [9.17, 15) is 5.11 Å². The normalized spacial score (nSPS) is 10.3. The van der Waals surface area contributed by atoms with Crippen molar-refractivity contribution in [2.24, 2.45) is 0 Å². The molecular formula is C9H6NO2. The van der Waals surface area contributed by atoms with E-state index in [-0.39, 0.29) is 0 Å². The number of nitrogens with zero attached hydrogens (tertiary/aromatic N) is 1. The van der Waals surface area contributed by atoms with E-state index < -0.39 is 11.6 Å². The van der Waals surface area contributed by atoms with Gasteiger partial charge >= 0.3 is 0 Å². The van der Waals surface area contributed by atoms with E-state index in [0.717, 1.165) is 5.39 Å². The van der Waals surface area contributed by atoms with Crippen LogP contribution in [0.15, 0.2) is 30.3 Å². The van der Waals surface area contributed by atoms with Crippen LogP contribution in [0, 0.1) is 0 Å². The second-order valence-corrected chi connectivity index (χ2v) is 2.50. The van der Waals surface area contributed by atoms with Gasteiger partial charge in [-0.1, -0.05) is 18.2 Å². The molecule has 0 unspecified atom stereocenters. The fourth-order valence-electron chi connectivity index (χ4n) is 1.09. The highest BCUT2D eigenvalue weighted by Crippen LogP contribution is 2.26. The lowest BCUT2D eigenvalue weighted by molar-refractivity contribution is 0.319. The van der Waals surface area contributed by atoms with E-state index in [1.54, 1.807) is 18.2 Å². The summed E-state index contributed by atoms with van der Waals surface area (Å²) in [6.45, 7) is 0. The van der Waals surface area contributed by atoms with Gasteiger partial charge in [-0.2, -0.15) is 0 Å². The molecule has 0 amide bonds. The van der Waals surface area contributed by atoms with Crippen LogP contribution in [0.3, 0.4) is 0 Å². The monoisotopic (exact) mass is 160 g/mol. The number of benzene rings is 1. The van der Waals surface area contributed by atoms with Crippen LogP contribution in [0.1, 0.15) is 0 Å². The van der Waals surface area contributed by atoms with E-state index in [1.165, 1.54) is 6.07 Å². The van der Waals surface area contributed by atoms with Gasteiger partial charge in [0.1, 0.15) is 0 Å². The Hall–Kier alpha value is -1.77. The lowest BCUT2D eigenvalue weighted by Crippen LogP contribution is -1.78. The summed E-state index contributed by atoms with van der Waals surface area (Å²) in [5, 5.41) is 20.7. The SMILES string of the molecule is [O]c1cc2ccccc2nc1O. The van der Waals surface area contributed by atoms with Gasteiger partial charge in [0.2, 0.25) is 5.75 Å². The van der Waals surface area contributed by atoms with Crippen molar-refractivity contribution < 1.29 is 10.2 Å². The predicted octanol–water partition coefficient (Wildman–Crippen LogP) is 2.08. The average Bonchev–Trinajstić information content (AvgIpc) is 2.07. The Kier molecular flexibility index (Phi) is 1.37. The number of hydrogen-bond donors (Lipinski definition) is 1. The molecule has 2 aromatic rings. The van der Waals surface area contributed by atoms with Crippen LogP contribution in [0.5, 0.6) is 11.6 Å². The third-order valence-electron chi connectivity index (χ3n) is 1.67.